The molecule has 0 heterocycles. The van der Waals surface area contributed by atoms with E-state index in [9.17, 15) is 9.59 Å². The van der Waals surface area contributed by atoms with Gasteiger partial charge in [0, 0.05) is 31.8 Å². The summed E-state index contributed by atoms with van der Waals surface area (Å²) in [7, 11) is 4.66. The Morgan fingerprint density at radius 3 is 2.17 bits per heavy atom. The van der Waals surface area contributed by atoms with Crippen LogP contribution in [0, 0.1) is 6.92 Å². The number of nitrogens with one attached hydrogen (secondary N) is 1. The first-order valence-electron chi connectivity index (χ1n) is 9.84. The maximum Gasteiger partial charge on any atom is 0.261 e. The molecule has 7 heteroatoms. The van der Waals surface area contributed by atoms with Crippen molar-refractivity contribution < 1.29 is 23.8 Å². The summed E-state index contributed by atoms with van der Waals surface area (Å²) in [6.45, 7) is 3.97. The lowest BCUT2D eigenvalue weighted by molar-refractivity contribution is -0.142. The van der Waals surface area contributed by atoms with Crippen molar-refractivity contribution in [3.63, 3.8) is 0 Å². The Balaban J connectivity index is 2.23. The first-order valence-corrected chi connectivity index (χ1v) is 9.84. The van der Waals surface area contributed by atoms with E-state index in [1.165, 1.54) is 0 Å². The van der Waals surface area contributed by atoms with Crippen LogP contribution in [0.25, 0.3) is 0 Å². The number of carbonyl (C=O) groups excluding carboxylic acids is 2. The van der Waals surface area contributed by atoms with Crippen LogP contribution in [0.5, 0.6) is 17.2 Å². The van der Waals surface area contributed by atoms with Gasteiger partial charge >= 0.3 is 0 Å². The summed E-state index contributed by atoms with van der Waals surface area (Å²) in [4.78, 5) is 27.1. The van der Waals surface area contributed by atoms with Crippen LogP contribution in [0.4, 0.5) is 0 Å². The van der Waals surface area contributed by atoms with Crippen LogP contribution >= 0.6 is 0 Å². The molecule has 0 saturated heterocycles. The SMILES string of the molecule is CCC(C(=O)NC)N(Cc1ccccc1C)C(=O)COc1cc(OC)cc(OC)c1. The van der Waals surface area contributed by atoms with Crippen LogP contribution in [0.3, 0.4) is 0 Å². The number of amides is 2. The molecule has 0 aliphatic heterocycles. The lowest BCUT2D eigenvalue weighted by atomic mass is 10.1. The minimum Gasteiger partial charge on any atom is -0.496 e. The molecule has 0 fully saturated rings. The molecular weight excluding hydrogens is 384 g/mol. The zero-order valence-electron chi connectivity index (χ0n) is 18.2. The molecule has 1 atom stereocenters. The van der Waals surface area contributed by atoms with Gasteiger partial charge in [-0.15, -0.1) is 0 Å². The predicted octanol–water partition coefficient (Wildman–Crippen LogP) is 2.94. The summed E-state index contributed by atoms with van der Waals surface area (Å²) in [5.74, 6) is 1.08. The average Bonchev–Trinajstić information content (AvgIpc) is 2.77. The van der Waals surface area contributed by atoms with E-state index < -0.39 is 6.04 Å². The van der Waals surface area contributed by atoms with Crippen LogP contribution < -0.4 is 19.5 Å². The molecule has 2 aromatic rings. The Hall–Kier alpha value is -3.22. The number of carbonyl (C=O) groups is 2. The van der Waals surface area contributed by atoms with E-state index in [-0.39, 0.29) is 18.4 Å². The maximum atomic E-state index is 13.1. The van der Waals surface area contributed by atoms with Gasteiger partial charge in [0.1, 0.15) is 23.3 Å². The molecule has 0 aromatic heterocycles. The maximum absolute atomic E-state index is 13.1. The van der Waals surface area contributed by atoms with Gasteiger partial charge in [-0.3, -0.25) is 9.59 Å². The Morgan fingerprint density at radius 1 is 1.03 bits per heavy atom. The van der Waals surface area contributed by atoms with Crippen molar-refractivity contribution >= 4 is 11.8 Å². The number of aryl methyl sites for hydroxylation is 1. The van der Waals surface area contributed by atoms with Gasteiger partial charge in [0.15, 0.2) is 6.61 Å². The molecule has 162 valence electrons. The number of ether oxygens (including phenoxy) is 3. The Labute approximate surface area is 177 Å². The number of benzene rings is 2. The van der Waals surface area contributed by atoms with Crippen LogP contribution in [-0.4, -0.2) is 50.6 Å². The van der Waals surface area contributed by atoms with E-state index >= 15 is 0 Å². The number of rotatable bonds is 10. The third kappa shape index (κ3) is 5.89. The Morgan fingerprint density at radius 2 is 1.63 bits per heavy atom. The average molecular weight is 415 g/mol. The monoisotopic (exact) mass is 414 g/mol. The van der Waals surface area contributed by atoms with Crippen molar-refractivity contribution in [1.29, 1.82) is 0 Å². The van der Waals surface area contributed by atoms with Crippen LogP contribution in [0.2, 0.25) is 0 Å². The van der Waals surface area contributed by atoms with Crippen molar-refractivity contribution in [3.05, 3.63) is 53.6 Å². The standard InChI is InChI=1S/C23H30N2O5/c1-6-21(23(27)24-3)25(14-17-10-8-7-9-16(17)2)22(26)15-30-20-12-18(28-4)11-19(13-20)29-5/h7-13,21H,6,14-15H2,1-5H3,(H,24,27). The second-order valence-corrected chi connectivity index (χ2v) is 6.82. The first-order chi connectivity index (χ1) is 14.4. The minimum absolute atomic E-state index is 0.206. The van der Waals surface area contributed by atoms with Crippen molar-refractivity contribution in [3.8, 4) is 17.2 Å². The van der Waals surface area contributed by atoms with Crippen LogP contribution in [-0.2, 0) is 16.1 Å². The summed E-state index contributed by atoms with van der Waals surface area (Å²) in [5.41, 5.74) is 2.04. The second kappa shape index (κ2) is 11.1. The van der Waals surface area contributed by atoms with Gasteiger partial charge in [-0.25, -0.2) is 0 Å². The van der Waals surface area contributed by atoms with E-state index in [0.29, 0.717) is 30.2 Å². The summed E-state index contributed by atoms with van der Waals surface area (Å²) < 4.78 is 16.2. The second-order valence-electron chi connectivity index (χ2n) is 6.82. The smallest absolute Gasteiger partial charge is 0.261 e. The van der Waals surface area contributed by atoms with Crippen molar-refractivity contribution in [2.45, 2.75) is 32.9 Å². The molecule has 1 unspecified atom stereocenters. The molecule has 0 bridgehead atoms. The molecular formula is C23H30N2O5. The molecule has 0 aliphatic rings. The summed E-state index contributed by atoms with van der Waals surface area (Å²) in [5, 5.41) is 2.65. The fraction of sp³-hybridized carbons (Fsp3) is 0.391. The van der Waals surface area contributed by atoms with Gasteiger partial charge in [0.25, 0.3) is 5.91 Å². The number of hydrogen-bond acceptors (Lipinski definition) is 5. The number of nitrogens with zero attached hydrogens (tertiary/aromatic N) is 1. The minimum atomic E-state index is -0.592. The lowest BCUT2D eigenvalue weighted by Gasteiger charge is -2.30. The highest BCUT2D eigenvalue weighted by molar-refractivity contribution is 5.88. The molecule has 2 rings (SSSR count). The van der Waals surface area contributed by atoms with E-state index in [0.717, 1.165) is 11.1 Å². The fourth-order valence-electron chi connectivity index (χ4n) is 3.15. The highest BCUT2D eigenvalue weighted by Crippen LogP contribution is 2.27. The summed E-state index contributed by atoms with van der Waals surface area (Å²) >= 11 is 0. The number of hydrogen-bond donors (Lipinski definition) is 1. The van der Waals surface area contributed by atoms with Gasteiger partial charge in [0.05, 0.1) is 14.2 Å². The van der Waals surface area contributed by atoms with Crippen molar-refractivity contribution in [1.82, 2.24) is 10.2 Å². The van der Waals surface area contributed by atoms with Gasteiger partial charge < -0.3 is 24.4 Å². The lowest BCUT2D eigenvalue weighted by Crippen LogP contribution is -2.49. The molecule has 0 spiro atoms. The van der Waals surface area contributed by atoms with Gasteiger partial charge in [-0.05, 0) is 24.5 Å². The Bertz CT molecular complexity index is 846. The molecule has 2 aromatic carbocycles. The molecule has 0 radical (unpaired) electrons. The quantitative estimate of drug-likeness (QED) is 0.647. The first kappa shape index (κ1) is 23.1. The van der Waals surface area contributed by atoms with Gasteiger partial charge in [-0.1, -0.05) is 31.2 Å². The highest BCUT2D eigenvalue weighted by atomic mass is 16.5. The van der Waals surface area contributed by atoms with Gasteiger partial charge in [-0.2, -0.15) is 0 Å². The fourth-order valence-corrected chi connectivity index (χ4v) is 3.15. The molecule has 30 heavy (non-hydrogen) atoms. The van der Waals surface area contributed by atoms with Crippen LogP contribution in [0.1, 0.15) is 24.5 Å². The van der Waals surface area contributed by atoms with E-state index in [4.69, 9.17) is 14.2 Å². The zero-order valence-corrected chi connectivity index (χ0v) is 18.2. The molecule has 0 saturated carbocycles. The normalized spacial score (nSPS) is 11.4. The van der Waals surface area contributed by atoms with E-state index in [2.05, 4.69) is 5.32 Å². The van der Waals surface area contributed by atoms with Crippen LogP contribution in [0.15, 0.2) is 42.5 Å². The van der Waals surface area contributed by atoms with Crippen molar-refractivity contribution in [2.24, 2.45) is 0 Å². The van der Waals surface area contributed by atoms with E-state index in [1.54, 1.807) is 44.4 Å². The largest absolute Gasteiger partial charge is 0.496 e. The molecule has 0 aliphatic carbocycles. The van der Waals surface area contributed by atoms with Gasteiger partial charge in [0.2, 0.25) is 5.91 Å². The predicted molar refractivity (Wildman–Crippen MR) is 115 cm³/mol. The molecule has 7 nitrogen and oxygen atoms in total. The topological polar surface area (TPSA) is 77.1 Å². The zero-order chi connectivity index (χ0) is 22.1. The Kier molecular flexibility index (Phi) is 8.53. The number of methoxy groups -OCH3 is 2. The summed E-state index contributed by atoms with van der Waals surface area (Å²) in [6.07, 6.45) is 0.490. The third-order valence-electron chi connectivity index (χ3n) is 4.92. The third-order valence-corrected chi connectivity index (χ3v) is 4.92. The van der Waals surface area contributed by atoms with Crippen molar-refractivity contribution in [2.75, 3.05) is 27.9 Å². The number of likely N-dealkylation sites (N-methyl/N-ethyl adjacent to an activating group) is 1. The van der Waals surface area contributed by atoms with E-state index in [1.807, 2.05) is 38.1 Å². The molecule has 2 amide bonds. The summed E-state index contributed by atoms with van der Waals surface area (Å²) in [6, 6.07) is 12.3. The molecule has 1 N–H and O–H groups in total. The highest BCUT2D eigenvalue weighted by Gasteiger charge is 2.28.